The molecule has 272 valence electrons. The second-order valence-electron chi connectivity index (χ2n) is 11.6. The monoisotopic (exact) mass is 686 g/mol. The standard InChI is InChI=1S/C36H63O10P/c1-3-5-7-9-11-13-15-16-18-20-22-24-26-28-36(40)46-34(32-45-47(41,42)44-30-33(38)29-37)31-43-35(39)27-25-23-21-19-17-14-12-10-8-6-4-2/h5,7,9-13,15,33-34,37-38H,3-4,6,8,14,16-32H2,1-2H3,(H,41,42)/b7-5+,11-9+,12-10+,15-13+/t33-,34?/m0/s1. The normalized spacial score (nSPS) is 14.7. The zero-order valence-electron chi connectivity index (χ0n) is 29.0. The lowest BCUT2D eigenvalue weighted by atomic mass is 10.1. The summed E-state index contributed by atoms with van der Waals surface area (Å²) in [7, 11) is -4.61. The molecule has 10 nitrogen and oxygen atoms in total. The Balaban J connectivity index is 4.47. The van der Waals surface area contributed by atoms with Gasteiger partial charge in [-0.25, -0.2) is 4.57 Å². The third kappa shape index (κ3) is 32.3. The summed E-state index contributed by atoms with van der Waals surface area (Å²) in [4.78, 5) is 34.7. The summed E-state index contributed by atoms with van der Waals surface area (Å²) in [5.41, 5.74) is 0. The molecular formula is C36H63O10P. The van der Waals surface area contributed by atoms with Crippen molar-refractivity contribution in [3.05, 3.63) is 48.6 Å². The van der Waals surface area contributed by atoms with Crippen LogP contribution in [0.2, 0.25) is 0 Å². The van der Waals surface area contributed by atoms with Crippen LogP contribution < -0.4 is 0 Å². The minimum Gasteiger partial charge on any atom is -0.462 e. The van der Waals surface area contributed by atoms with E-state index < -0.39 is 51.8 Å². The van der Waals surface area contributed by atoms with Gasteiger partial charge in [0.05, 0.1) is 19.8 Å². The predicted molar refractivity (Wildman–Crippen MR) is 187 cm³/mol. The first kappa shape index (κ1) is 44.9. The van der Waals surface area contributed by atoms with Crippen molar-refractivity contribution in [2.45, 2.75) is 142 Å². The smallest absolute Gasteiger partial charge is 0.462 e. The van der Waals surface area contributed by atoms with Crippen molar-refractivity contribution in [3.8, 4) is 0 Å². The molecule has 0 fully saturated rings. The number of phosphoric acid groups is 1. The van der Waals surface area contributed by atoms with Crippen molar-refractivity contribution in [2.75, 3.05) is 26.4 Å². The number of ether oxygens (including phenoxy) is 2. The van der Waals surface area contributed by atoms with Crippen LogP contribution in [0.15, 0.2) is 48.6 Å². The number of rotatable bonds is 32. The van der Waals surface area contributed by atoms with Gasteiger partial charge in [0.1, 0.15) is 12.7 Å². The maximum Gasteiger partial charge on any atom is 0.472 e. The largest absolute Gasteiger partial charge is 0.472 e. The molecule has 0 aromatic heterocycles. The number of carbonyl (C=O) groups excluding carboxylic acids is 2. The fourth-order valence-electron chi connectivity index (χ4n) is 4.27. The average Bonchev–Trinajstić information content (AvgIpc) is 3.05. The highest BCUT2D eigenvalue weighted by Gasteiger charge is 2.27. The van der Waals surface area contributed by atoms with Gasteiger partial charge in [-0.1, -0.05) is 114 Å². The maximum atomic E-state index is 12.5. The van der Waals surface area contributed by atoms with E-state index in [9.17, 15) is 24.2 Å². The summed E-state index contributed by atoms with van der Waals surface area (Å²) in [6.07, 6.45) is 30.9. The van der Waals surface area contributed by atoms with Crippen molar-refractivity contribution in [1.29, 1.82) is 0 Å². The van der Waals surface area contributed by atoms with Gasteiger partial charge in [-0.15, -0.1) is 0 Å². The molecule has 0 spiro atoms. The van der Waals surface area contributed by atoms with Gasteiger partial charge in [-0.3, -0.25) is 18.6 Å². The number of hydrogen-bond acceptors (Lipinski definition) is 9. The fourth-order valence-corrected chi connectivity index (χ4v) is 5.06. The molecule has 0 aliphatic carbocycles. The third-order valence-electron chi connectivity index (χ3n) is 7.03. The van der Waals surface area contributed by atoms with Gasteiger partial charge in [0.25, 0.3) is 0 Å². The van der Waals surface area contributed by atoms with E-state index in [0.717, 1.165) is 77.0 Å². The molecule has 0 aromatic rings. The van der Waals surface area contributed by atoms with Crippen LogP contribution in [0.1, 0.15) is 129 Å². The van der Waals surface area contributed by atoms with Crippen LogP contribution in [0.5, 0.6) is 0 Å². The van der Waals surface area contributed by atoms with E-state index in [1.807, 2.05) is 24.3 Å². The number of esters is 2. The zero-order valence-corrected chi connectivity index (χ0v) is 29.9. The highest BCUT2D eigenvalue weighted by atomic mass is 31.2. The summed E-state index contributed by atoms with van der Waals surface area (Å²) in [6.45, 7) is 2.13. The van der Waals surface area contributed by atoms with Crippen LogP contribution in [0.25, 0.3) is 0 Å². The summed E-state index contributed by atoms with van der Waals surface area (Å²) < 4.78 is 32.4. The molecule has 0 rings (SSSR count). The molecule has 0 aliphatic heterocycles. The highest BCUT2D eigenvalue weighted by molar-refractivity contribution is 7.47. The number of allylic oxidation sites excluding steroid dienone is 8. The summed E-state index contributed by atoms with van der Waals surface area (Å²) in [5.74, 6) is -0.968. The Labute approximate surface area is 283 Å². The van der Waals surface area contributed by atoms with Gasteiger partial charge in [0.15, 0.2) is 6.10 Å². The fraction of sp³-hybridized carbons (Fsp3) is 0.722. The number of unbranched alkanes of at least 4 members (excludes halogenated alkanes) is 12. The van der Waals surface area contributed by atoms with Crippen LogP contribution in [-0.4, -0.2) is 65.7 Å². The molecule has 3 N–H and O–H groups in total. The molecule has 0 bridgehead atoms. The molecular weight excluding hydrogens is 623 g/mol. The molecule has 0 saturated carbocycles. The van der Waals surface area contributed by atoms with Crippen LogP contribution in [-0.2, 0) is 32.7 Å². The average molecular weight is 687 g/mol. The van der Waals surface area contributed by atoms with E-state index in [4.69, 9.17) is 19.1 Å². The topological polar surface area (TPSA) is 149 Å². The van der Waals surface area contributed by atoms with Crippen LogP contribution in [0.4, 0.5) is 0 Å². The lowest BCUT2D eigenvalue weighted by molar-refractivity contribution is -0.161. The second kappa shape index (κ2) is 32.5. The number of aliphatic hydroxyl groups is 2. The van der Waals surface area contributed by atoms with Gasteiger partial charge in [-0.2, -0.15) is 0 Å². The molecule has 0 heterocycles. The number of hydrogen-bond donors (Lipinski definition) is 3. The predicted octanol–water partition coefficient (Wildman–Crippen LogP) is 8.21. The van der Waals surface area contributed by atoms with Crippen LogP contribution >= 0.6 is 7.82 Å². The molecule has 47 heavy (non-hydrogen) atoms. The van der Waals surface area contributed by atoms with Crippen molar-refractivity contribution in [2.24, 2.45) is 0 Å². The Morgan fingerprint density at radius 3 is 1.81 bits per heavy atom. The van der Waals surface area contributed by atoms with Crippen molar-refractivity contribution >= 4 is 19.8 Å². The van der Waals surface area contributed by atoms with Gasteiger partial charge in [0.2, 0.25) is 0 Å². The van der Waals surface area contributed by atoms with Crippen molar-refractivity contribution in [1.82, 2.24) is 0 Å². The molecule has 2 unspecified atom stereocenters. The molecule has 11 heteroatoms. The number of phosphoric ester groups is 1. The lowest BCUT2D eigenvalue weighted by Gasteiger charge is -2.20. The number of aliphatic hydroxyl groups excluding tert-OH is 2. The summed E-state index contributed by atoms with van der Waals surface area (Å²) >= 11 is 0. The lowest BCUT2D eigenvalue weighted by Crippen LogP contribution is -2.29. The first-order valence-corrected chi connectivity index (χ1v) is 19.1. The Morgan fingerprint density at radius 2 is 1.19 bits per heavy atom. The van der Waals surface area contributed by atoms with E-state index in [1.54, 1.807) is 0 Å². The first-order chi connectivity index (χ1) is 22.7. The Kier molecular flexibility index (Phi) is 31.0. The Bertz CT molecular complexity index is 931. The maximum absolute atomic E-state index is 12.5. The van der Waals surface area contributed by atoms with Gasteiger partial charge in [0, 0.05) is 12.8 Å². The Morgan fingerprint density at radius 1 is 0.660 bits per heavy atom. The van der Waals surface area contributed by atoms with Crippen molar-refractivity contribution < 1.29 is 47.8 Å². The van der Waals surface area contributed by atoms with Gasteiger partial charge < -0.3 is 24.6 Å². The molecule has 0 aliphatic rings. The van der Waals surface area contributed by atoms with Crippen molar-refractivity contribution in [3.63, 3.8) is 0 Å². The summed E-state index contributed by atoms with van der Waals surface area (Å²) in [6, 6.07) is 0. The molecule has 3 atom stereocenters. The van der Waals surface area contributed by atoms with E-state index in [-0.39, 0.29) is 19.4 Å². The van der Waals surface area contributed by atoms with E-state index >= 15 is 0 Å². The summed E-state index contributed by atoms with van der Waals surface area (Å²) in [5, 5.41) is 18.2. The van der Waals surface area contributed by atoms with Crippen LogP contribution in [0, 0.1) is 0 Å². The quantitative estimate of drug-likeness (QED) is 0.0208. The first-order valence-electron chi connectivity index (χ1n) is 17.6. The highest BCUT2D eigenvalue weighted by Crippen LogP contribution is 2.43. The third-order valence-corrected chi connectivity index (χ3v) is 7.98. The SMILES string of the molecule is CC/C=C/C=C/C=C/CCCCCCCC(=O)OC(COC(=O)CCCCCCC/C=C/CCCC)COP(=O)(O)OC[C@@H](O)CO. The molecule has 0 radical (unpaired) electrons. The number of carbonyl (C=O) groups is 2. The molecule has 0 amide bonds. The van der Waals surface area contributed by atoms with Crippen LogP contribution in [0.3, 0.4) is 0 Å². The van der Waals surface area contributed by atoms with Gasteiger partial charge in [-0.05, 0) is 51.4 Å². The molecule has 0 saturated heterocycles. The van der Waals surface area contributed by atoms with E-state index in [2.05, 4.69) is 42.7 Å². The van der Waals surface area contributed by atoms with E-state index in [1.165, 1.54) is 12.8 Å². The second-order valence-corrected chi connectivity index (χ2v) is 13.0. The minimum atomic E-state index is -4.61. The van der Waals surface area contributed by atoms with E-state index in [0.29, 0.717) is 12.8 Å². The Hall–Kier alpha value is -2.07. The molecule has 0 aromatic carbocycles. The minimum absolute atomic E-state index is 0.158. The zero-order chi connectivity index (χ0) is 34.9. The van der Waals surface area contributed by atoms with Gasteiger partial charge >= 0.3 is 19.8 Å².